The number of hydrogen-bond donors (Lipinski definition) is 1. The summed E-state index contributed by atoms with van der Waals surface area (Å²) in [6.45, 7) is 1.32. The lowest BCUT2D eigenvalue weighted by Crippen LogP contribution is -2.30. The molecule has 1 amide bonds. The molecule has 1 N–H and O–H groups in total. The number of carbonyl (C=O) groups is 2. The third-order valence-corrected chi connectivity index (χ3v) is 4.52. The SMILES string of the molecule is C[C@H](OC(=O)c1ccccc1[S@@](C)=O)C(=O)Nc1ccc(C(F)(F)F)cc1. The number of alkyl halides is 3. The van der Waals surface area contributed by atoms with Crippen LogP contribution >= 0.6 is 0 Å². The van der Waals surface area contributed by atoms with Crippen LogP contribution < -0.4 is 5.32 Å². The van der Waals surface area contributed by atoms with Crippen LogP contribution in [0.5, 0.6) is 0 Å². The molecule has 2 aromatic rings. The first-order valence-corrected chi connectivity index (χ1v) is 9.27. The number of benzene rings is 2. The van der Waals surface area contributed by atoms with E-state index in [9.17, 15) is 27.0 Å². The number of ether oxygens (including phenoxy) is 1. The Morgan fingerprint density at radius 3 is 2.22 bits per heavy atom. The van der Waals surface area contributed by atoms with Crippen molar-refractivity contribution in [1.29, 1.82) is 0 Å². The van der Waals surface area contributed by atoms with E-state index in [4.69, 9.17) is 4.74 Å². The van der Waals surface area contributed by atoms with E-state index in [1.165, 1.54) is 25.3 Å². The van der Waals surface area contributed by atoms with E-state index < -0.39 is 40.5 Å². The van der Waals surface area contributed by atoms with Crippen LogP contribution in [0.3, 0.4) is 0 Å². The molecular formula is C18H16F3NO4S. The first-order chi connectivity index (χ1) is 12.6. The van der Waals surface area contributed by atoms with E-state index >= 15 is 0 Å². The zero-order chi connectivity index (χ0) is 20.2. The monoisotopic (exact) mass is 399 g/mol. The number of esters is 1. The number of amides is 1. The molecule has 144 valence electrons. The predicted octanol–water partition coefficient (Wildman–Crippen LogP) is 3.63. The highest BCUT2D eigenvalue weighted by atomic mass is 32.2. The van der Waals surface area contributed by atoms with Crippen molar-refractivity contribution in [3.63, 3.8) is 0 Å². The summed E-state index contributed by atoms with van der Waals surface area (Å²) in [7, 11) is -1.42. The molecule has 0 bridgehead atoms. The third-order valence-electron chi connectivity index (χ3n) is 3.55. The molecule has 0 aliphatic heterocycles. The second kappa shape index (κ2) is 8.34. The van der Waals surface area contributed by atoms with Crippen molar-refractivity contribution in [2.75, 3.05) is 11.6 Å². The van der Waals surface area contributed by atoms with Crippen molar-refractivity contribution in [3.05, 3.63) is 59.7 Å². The van der Waals surface area contributed by atoms with Gasteiger partial charge in [-0.2, -0.15) is 13.2 Å². The Balaban J connectivity index is 2.04. The molecule has 0 aliphatic rings. The van der Waals surface area contributed by atoms with Crippen LogP contribution in [0.4, 0.5) is 18.9 Å². The molecule has 0 saturated carbocycles. The van der Waals surface area contributed by atoms with Gasteiger partial charge >= 0.3 is 12.1 Å². The van der Waals surface area contributed by atoms with Crippen LogP contribution in [0.25, 0.3) is 0 Å². The third kappa shape index (κ3) is 5.40. The summed E-state index contributed by atoms with van der Waals surface area (Å²) in [5.74, 6) is -1.53. The molecule has 2 aromatic carbocycles. The van der Waals surface area contributed by atoms with Crippen LogP contribution in [0.2, 0.25) is 0 Å². The van der Waals surface area contributed by atoms with Gasteiger partial charge in [0.05, 0.1) is 26.8 Å². The van der Waals surface area contributed by atoms with Gasteiger partial charge in [-0.05, 0) is 43.3 Å². The van der Waals surface area contributed by atoms with E-state index in [1.807, 2.05) is 0 Å². The fourth-order valence-electron chi connectivity index (χ4n) is 2.15. The number of nitrogens with one attached hydrogen (secondary N) is 1. The Kier molecular flexibility index (Phi) is 6.37. The highest BCUT2D eigenvalue weighted by Crippen LogP contribution is 2.29. The van der Waals surface area contributed by atoms with Gasteiger partial charge in [0.15, 0.2) is 6.10 Å². The van der Waals surface area contributed by atoms with Crippen LogP contribution in [-0.2, 0) is 26.5 Å². The van der Waals surface area contributed by atoms with Crippen molar-refractivity contribution in [2.45, 2.75) is 24.1 Å². The maximum atomic E-state index is 12.5. The average Bonchev–Trinajstić information content (AvgIpc) is 2.61. The van der Waals surface area contributed by atoms with Gasteiger partial charge in [0.1, 0.15) is 0 Å². The van der Waals surface area contributed by atoms with E-state index in [1.54, 1.807) is 12.1 Å². The molecule has 0 fully saturated rings. The van der Waals surface area contributed by atoms with Crippen molar-refractivity contribution in [1.82, 2.24) is 0 Å². The highest BCUT2D eigenvalue weighted by Gasteiger charge is 2.30. The van der Waals surface area contributed by atoms with Gasteiger partial charge < -0.3 is 10.1 Å². The average molecular weight is 399 g/mol. The maximum absolute atomic E-state index is 12.5. The summed E-state index contributed by atoms with van der Waals surface area (Å²) >= 11 is 0. The Hall–Kier alpha value is -2.68. The van der Waals surface area contributed by atoms with Crippen molar-refractivity contribution in [2.24, 2.45) is 0 Å². The van der Waals surface area contributed by atoms with Crippen molar-refractivity contribution in [3.8, 4) is 0 Å². The molecule has 9 heteroatoms. The van der Waals surface area contributed by atoms with E-state index in [0.717, 1.165) is 24.3 Å². The lowest BCUT2D eigenvalue weighted by atomic mass is 10.2. The summed E-state index contributed by atoms with van der Waals surface area (Å²) in [4.78, 5) is 24.6. The lowest BCUT2D eigenvalue weighted by molar-refractivity contribution is -0.137. The minimum absolute atomic E-state index is 0.0764. The van der Waals surface area contributed by atoms with Gasteiger partial charge in [0, 0.05) is 11.9 Å². The van der Waals surface area contributed by atoms with Crippen LogP contribution in [0, 0.1) is 0 Å². The second-order valence-electron chi connectivity index (χ2n) is 5.56. The van der Waals surface area contributed by atoms with Crippen LogP contribution in [-0.4, -0.2) is 28.4 Å². The van der Waals surface area contributed by atoms with Gasteiger partial charge in [-0.1, -0.05) is 12.1 Å². The Labute approximate surface area is 156 Å². The van der Waals surface area contributed by atoms with Gasteiger partial charge in [-0.25, -0.2) is 4.79 Å². The molecule has 0 unspecified atom stereocenters. The van der Waals surface area contributed by atoms with Gasteiger partial charge in [0.2, 0.25) is 0 Å². The second-order valence-corrected chi connectivity index (χ2v) is 6.91. The van der Waals surface area contributed by atoms with Gasteiger partial charge in [0.25, 0.3) is 5.91 Å². The topological polar surface area (TPSA) is 72.5 Å². The summed E-state index contributed by atoms with van der Waals surface area (Å²) in [6, 6.07) is 10.0. The smallest absolute Gasteiger partial charge is 0.416 e. The predicted molar refractivity (Wildman–Crippen MR) is 93.7 cm³/mol. The molecule has 0 aliphatic carbocycles. The summed E-state index contributed by atoms with van der Waals surface area (Å²) in [5, 5.41) is 2.37. The molecule has 0 saturated heterocycles. The summed E-state index contributed by atoms with van der Waals surface area (Å²) < 4.78 is 54.4. The molecule has 5 nitrogen and oxygen atoms in total. The quantitative estimate of drug-likeness (QED) is 0.780. The molecule has 0 radical (unpaired) electrons. The molecular weight excluding hydrogens is 383 g/mol. The Morgan fingerprint density at radius 2 is 1.67 bits per heavy atom. The number of rotatable bonds is 5. The zero-order valence-electron chi connectivity index (χ0n) is 14.4. The number of halogens is 3. The van der Waals surface area contributed by atoms with Gasteiger partial charge in [-0.3, -0.25) is 9.00 Å². The zero-order valence-corrected chi connectivity index (χ0v) is 15.2. The number of hydrogen-bond acceptors (Lipinski definition) is 4. The summed E-state index contributed by atoms with van der Waals surface area (Å²) in [5.41, 5.74) is -0.636. The standard InChI is InChI=1S/C18H16F3NO4S/c1-11(26-17(24)14-5-3-4-6-15(14)27(2)25)16(23)22-13-9-7-12(8-10-13)18(19,20)21/h3-11H,1-2H3,(H,22,23)/t11-,27+/m0/s1. The van der Waals surface area contributed by atoms with E-state index in [2.05, 4.69) is 5.32 Å². The minimum Gasteiger partial charge on any atom is -0.449 e. The molecule has 0 aromatic heterocycles. The fourth-order valence-corrected chi connectivity index (χ4v) is 2.88. The van der Waals surface area contributed by atoms with Crippen molar-refractivity contribution < 1.29 is 31.7 Å². The highest BCUT2D eigenvalue weighted by molar-refractivity contribution is 7.84. The summed E-state index contributed by atoms with van der Waals surface area (Å²) in [6.07, 6.45) is -4.27. The van der Waals surface area contributed by atoms with E-state index in [0.29, 0.717) is 0 Å². The Morgan fingerprint density at radius 1 is 1.07 bits per heavy atom. The first-order valence-electron chi connectivity index (χ1n) is 7.71. The fraction of sp³-hybridized carbons (Fsp3) is 0.222. The Bertz CT molecular complexity index is 866. The number of anilines is 1. The normalized spacial score (nSPS) is 13.5. The molecule has 2 atom stereocenters. The molecule has 0 spiro atoms. The largest absolute Gasteiger partial charge is 0.449 e. The number of carbonyl (C=O) groups excluding carboxylic acids is 2. The minimum atomic E-state index is -4.47. The maximum Gasteiger partial charge on any atom is 0.416 e. The van der Waals surface area contributed by atoms with E-state index in [-0.39, 0.29) is 16.1 Å². The molecule has 2 rings (SSSR count). The first kappa shape index (κ1) is 20.6. The van der Waals surface area contributed by atoms with Gasteiger partial charge in [-0.15, -0.1) is 0 Å². The lowest BCUT2D eigenvalue weighted by Gasteiger charge is -2.15. The molecule has 27 heavy (non-hydrogen) atoms. The molecule has 0 heterocycles. The van der Waals surface area contributed by atoms with Crippen molar-refractivity contribution >= 4 is 28.4 Å². The van der Waals surface area contributed by atoms with Crippen LogP contribution in [0.15, 0.2) is 53.4 Å². The van der Waals surface area contributed by atoms with Crippen LogP contribution in [0.1, 0.15) is 22.8 Å².